The van der Waals surface area contributed by atoms with Crippen molar-refractivity contribution in [2.45, 2.75) is 0 Å². The molecule has 0 radical (unpaired) electrons. The molecule has 0 atom stereocenters. The van der Waals surface area contributed by atoms with Crippen molar-refractivity contribution in [1.82, 2.24) is 14.8 Å². The fraction of sp³-hybridized carbons (Fsp3) is 0. The van der Waals surface area contributed by atoms with Crippen LogP contribution in [0.15, 0.2) is 48.8 Å². The topological polar surface area (TPSA) is 56.7 Å². The molecule has 0 unspecified atom stereocenters. The Hall–Kier alpha value is -2.27. The first-order chi connectivity index (χ1) is 8.75. The lowest BCUT2D eigenvalue weighted by Crippen LogP contribution is -2.19. The number of nitrogens with two attached hydrogens (primary N) is 1. The molecule has 0 saturated heterocycles. The standard InChI is InChI=1S/C13H10N4S/c14-13(18)17-8-6-12(16-17)10-5-7-15-11-4-2-1-3-9(10)11/h1-8H,(H2,14,18). The number of nitrogens with zero attached hydrogens (tertiary/aromatic N) is 3. The molecule has 0 aliphatic carbocycles. The SMILES string of the molecule is NC(=S)n1ccc(-c2ccnc3ccccc23)n1. The van der Waals surface area contributed by atoms with Crippen LogP contribution in [0.4, 0.5) is 0 Å². The van der Waals surface area contributed by atoms with Gasteiger partial charge in [0.15, 0.2) is 5.11 Å². The average molecular weight is 254 g/mol. The molecule has 0 aliphatic heterocycles. The molecule has 4 nitrogen and oxygen atoms in total. The minimum absolute atomic E-state index is 0.236. The molecule has 2 heterocycles. The van der Waals surface area contributed by atoms with Crippen LogP contribution in [0, 0.1) is 0 Å². The van der Waals surface area contributed by atoms with E-state index in [1.165, 1.54) is 4.68 Å². The fourth-order valence-electron chi connectivity index (χ4n) is 1.91. The van der Waals surface area contributed by atoms with Crippen molar-refractivity contribution in [3.63, 3.8) is 0 Å². The van der Waals surface area contributed by atoms with E-state index in [1.807, 2.05) is 36.4 Å². The maximum absolute atomic E-state index is 5.54. The summed E-state index contributed by atoms with van der Waals surface area (Å²) in [6, 6.07) is 11.8. The Labute approximate surface area is 109 Å². The Morgan fingerprint density at radius 3 is 2.78 bits per heavy atom. The highest BCUT2D eigenvalue weighted by atomic mass is 32.1. The van der Waals surface area contributed by atoms with E-state index in [2.05, 4.69) is 10.1 Å². The lowest BCUT2D eigenvalue weighted by Gasteiger charge is -2.02. The lowest BCUT2D eigenvalue weighted by molar-refractivity contribution is 0.944. The molecule has 3 aromatic rings. The van der Waals surface area contributed by atoms with Crippen LogP contribution in [-0.4, -0.2) is 19.9 Å². The number of hydrogen-bond donors (Lipinski definition) is 1. The smallest absolute Gasteiger partial charge is 0.191 e. The minimum Gasteiger partial charge on any atom is -0.374 e. The zero-order valence-electron chi connectivity index (χ0n) is 9.45. The van der Waals surface area contributed by atoms with Gasteiger partial charge in [-0.25, -0.2) is 4.68 Å². The van der Waals surface area contributed by atoms with E-state index in [1.54, 1.807) is 12.4 Å². The van der Waals surface area contributed by atoms with Gasteiger partial charge in [-0.3, -0.25) is 4.98 Å². The van der Waals surface area contributed by atoms with Crippen LogP contribution in [-0.2, 0) is 0 Å². The Balaban J connectivity index is 2.21. The van der Waals surface area contributed by atoms with Gasteiger partial charge in [0.05, 0.1) is 11.2 Å². The minimum atomic E-state index is 0.236. The predicted octanol–water partition coefficient (Wildman–Crippen LogP) is 2.19. The third kappa shape index (κ3) is 1.74. The number of para-hydroxylation sites is 1. The molecule has 0 bridgehead atoms. The Kier molecular flexibility index (Phi) is 2.53. The quantitative estimate of drug-likeness (QED) is 0.676. The first-order valence-electron chi connectivity index (χ1n) is 5.45. The molecule has 2 N–H and O–H groups in total. The molecule has 0 saturated carbocycles. The summed E-state index contributed by atoms with van der Waals surface area (Å²) < 4.78 is 1.49. The normalized spacial score (nSPS) is 10.7. The molecule has 0 fully saturated rings. The van der Waals surface area contributed by atoms with Crippen molar-refractivity contribution in [3.8, 4) is 11.3 Å². The van der Waals surface area contributed by atoms with Gasteiger partial charge in [0.1, 0.15) is 0 Å². The molecule has 2 aromatic heterocycles. The average Bonchev–Trinajstić information content (AvgIpc) is 2.87. The van der Waals surface area contributed by atoms with Crippen LogP contribution in [0.25, 0.3) is 22.2 Å². The van der Waals surface area contributed by atoms with E-state index in [9.17, 15) is 0 Å². The molecule has 0 spiro atoms. The van der Waals surface area contributed by atoms with Crippen molar-refractivity contribution >= 4 is 28.2 Å². The maximum atomic E-state index is 5.54. The van der Waals surface area contributed by atoms with E-state index >= 15 is 0 Å². The second kappa shape index (κ2) is 4.19. The first-order valence-corrected chi connectivity index (χ1v) is 5.86. The fourth-order valence-corrected chi connectivity index (χ4v) is 2.01. The van der Waals surface area contributed by atoms with E-state index in [0.717, 1.165) is 22.2 Å². The van der Waals surface area contributed by atoms with Gasteiger partial charge in [0.2, 0.25) is 0 Å². The van der Waals surface area contributed by atoms with Crippen LogP contribution in [0.1, 0.15) is 0 Å². The van der Waals surface area contributed by atoms with Gasteiger partial charge in [-0.1, -0.05) is 18.2 Å². The molecule has 0 amide bonds. The number of aromatic nitrogens is 3. The summed E-state index contributed by atoms with van der Waals surface area (Å²) in [5.74, 6) is 0. The second-order valence-electron chi connectivity index (χ2n) is 3.86. The second-order valence-corrected chi connectivity index (χ2v) is 4.28. The highest BCUT2D eigenvalue weighted by Gasteiger charge is 2.07. The van der Waals surface area contributed by atoms with Crippen LogP contribution >= 0.6 is 12.2 Å². The van der Waals surface area contributed by atoms with Gasteiger partial charge in [-0.05, 0) is 30.4 Å². The van der Waals surface area contributed by atoms with Gasteiger partial charge in [-0.2, -0.15) is 5.10 Å². The zero-order chi connectivity index (χ0) is 12.5. The molecular weight excluding hydrogens is 244 g/mol. The summed E-state index contributed by atoms with van der Waals surface area (Å²) in [6.07, 6.45) is 3.53. The first kappa shape index (κ1) is 10.9. The third-order valence-electron chi connectivity index (χ3n) is 2.74. The van der Waals surface area contributed by atoms with Crippen molar-refractivity contribution in [2.75, 3.05) is 0 Å². The van der Waals surface area contributed by atoms with Crippen LogP contribution in [0.5, 0.6) is 0 Å². The predicted molar refractivity (Wildman–Crippen MR) is 75.1 cm³/mol. The van der Waals surface area contributed by atoms with Gasteiger partial charge >= 0.3 is 0 Å². The number of pyridine rings is 1. The van der Waals surface area contributed by atoms with E-state index in [4.69, 9.17) is 18.0 Å². The van der Waals surface area contributed by atoms with E-state index < -0.39 is 0 Å². The molecular formula is C13H10N4S. The highest BCUT2D eigenvalue weighted by molar-refractivity contribution is 7.80. The third-order valence-corrected chi connectivity index (χ3v) is 2.93. The van der Waals surface area contributed by atoms with E-state index in [-0.39, 0.29) is 5.11 Å². The summed E-state index contributed by atoms with van der Waals surface area (Å²) in [7, 11) is 0. The van der Waals surface area contributed by atoms with E-state index in [0.29, 0.717) is 0 Å². The Morgan fingerprint density at radius 1 is 1.17 bits per heavy atom. The number of thiocarbonyl (C=S) groups is 1. The molecule has 88 valence electrons. The van der Waals surface area contributed by atoms with Gasteiger partial charge in [-0.15, -0.1) is 0 Å². The summed E-state index contributed by atoms with van der Waals surface area (Å²) in [4.78, 5) is 4.32. The van der Waals surface area contributed by atoms with Gasteiger partial charge in [0.25, 0.3) is 0 Å². The molecule has 1 aromatic carbocycles. The lowest BCUT2D eigenvalue weighted by atomic mass is 10.1. The molecule has 3 rings (SSSR count). The number of benzene rings is 1. The zero-order valence-corrected chi connectivity index (χ0v) is 10.3. The van der Waals surface area contributed by atoms with Crippen molar-refractivity contribution in [2.24, 2.45) is 5.73 Å². The van der Waals surface area contributed by atoms with Crippen LogP contribution in [0.3, 0.4) is 0 Å². The largest absolute Gasteiger partial charge is 0.374 e. The van der Waals surface area contributed by atoms with Gasteiger partial charge < -0.3 is 5.73 Å². The molecule has 18 heavy (non-hydrogen) atoms. The van der Waals surface area contributed by atoms with Gasteiger partial charge in [0, 0.05) is 23.3 Å². The van der Waals surface area contributed by atoms with Crippen molar-refractivity contribution in [3.05, 3.63) is 48.8 Å². The maximum Gasteiger partial charge on any atom is 0.191 e. The Bertz CT molecular complexity index is 727. The number of hydrogen-bond acceptors (Lipinski definition) is 3. The highest BCUT2D eigenvalue weighted by Crippen LogP contribution is 2.25. The van der Waals surface area contributed by atoms with Crippen molar-refractivity contribution in [1.29, 1.82) is 0 Å². The monoisotopic (exact) mass is 254 g/mol. The summed E-state index contributed by atoms with van der Waals surface area (Å²) in [5, 5.41) is 5.65. The van der Waals surface area contributed by atoms with Crippen LogP contribution in [0.2, 0.25) is 0 Å². The summed E-state index contributed by atoms with van der Waals surface area (Å²) >= 11 is 4.89. The van der Waals surface area contributed by atoms with Crippen LogP contribution < -0.4 is 5.73 Å². The number of fused-ring (bicyclic) bond motifs is 1. The number of rotatable bonds is 1. The summed E-state index contributed by atoms with van der Waals surface area (Å²) in [5.41, 5.74) is 8.34. The molecule has 0 aliphatic rings. The Morgan fingerprint density at radius 2 is 2.00 bits per heavy atom. The van der Waals surface area contributed by atoms with Crippen molar-refractivity contribution < 1.29 is 0 Å². The summed E-state index contributed by atoms with van der Waals surface area (Å²) in [6.45, 7) is 0. The molecule has 5 heteroatoms.